The molecule has 0 heterocycles. The summed E-state index contributed by atoms with van der Waals surface area (Å²) in [6.07, 6.45) is 0.829. The van der Waals surface area contributed by atoms with Gasteiger partial charge in [-0.25, -0.2) is 0 Å². The first-order valence-electron chi connectivity index (χ1n) is 6.82. The number of nitrogens with two attached hydrogens (primary N) is 1. The van der Waals surface area contributed by atoms with E-state index in [-0.39, 0.29) is 17.4 Å². The zero-order valence-corrected chi connectivity index (χ0v) is 12.7. The van der Waals surface area contributed by atoms with E-state index in [0.29, 0.717) is 0 Å². The highest BCUT2D eigenvalue weighted by Crippen LogP contribution is 2.17. The van der Waals surface area contributed by atoms with Crippen molar-refractivity contribution >= 4 is 5.91 Å². The maximum atomic E-state index is 12.0. The lowest BCUT2D eigenvalue weighted by Crippen LogP contribution is -2.51. The number of carbonyl (C=O) groups excluding carboxylic acids is 1. The molecule has 1 rings (SSSR count). The van der Waals surface area contributed by atoms with Crippen molar-refractivity contribution in [3.63, 3.8) is 0 Å². The van der Waals surface area contributed by atoms with Crippen LogP contribution in [-0.4, -0.2) is 18.0 Å². The molecule has 1 amide bonds. The summed E-state index contributed by atoms with van der Waals surface area (Å²) in [5.74, 6) is -0.0754. The smallest absolute Gasteiger partial charge is 0.237 e. The number of rotatable bonds is 4. The van der Waals surface area contributed by atoms with Crippen LogP contribution in [0.4, 0.5) is 0 Å². The molecule has 0 fully saturated rings. The normalized spacial score (nSPS) is 14.8. The van der Waals surface area contributed by atoms with E-state index < -0.39 is 6.04 Å². The van der Waals surface area contributed by atoms with E-state index in [1.54, 1.807) is 0 Å². The van der Waals surface area contributed by atoms with Gasteiger partial charge in [0.15, 0.2) is 0 Å². The monoisotopic (exact) mass is 262 g/mol. The Labute approximate surface area is 116 Å². The zero-order valence-electron chi connectivity index (χ0n) is 12.7. The van der Waals surface area contributed by atoms with Gasteiger partial charge in [0.2, 0.25) is 5.91 Å². The number of amides is 1. The minimum absolute atomic E-state index is 0.0754. The van der Waals surface area contributed by atoms with Crippen LogP contribution in [0.5, 0.6) is 0 Å². The van der Waals surface area contributed by atoms with Crippen molar-refractivity contribution in [3.05, 3.63) is 35.4 Å². The Hall–Kier alpha value is -1.35. The van der Waals surface area contributed by atoms with E-state index in [9.17, 15) is 4.79 Å². The predicted molar refractivity (Wildman–Crippen MR) is 79.9 cm³/mol. The molecule has 0 aliphatic carbocycles. The third-order valence-corrected chi connectivity index (χ3v) is 3.39. The van der Waals surface area contributed by atoms with E-state index in [1.165, 1.54) is 11.1 Å². The summed E-state index contributed by atoms with van der Waals surface area (Å²) >= 11 is 0. The van der Waals surface area contributed by atoms with E-state index in [4.69, 9.17) is 5.73 Å². The van der Waals surface area contributed by atoms with Crippen molar-refractivity contribution in [3.8, 4) is 0 Å². The first kappa shape index (κ1) is 15.7. The lowest BCUT2D eigenvalue weighted by Gasteiger charge is -2.27. The van der Waals surface area contributed by atoms with Crippen LogP contribution < -0.4 is 11.1 Å². The van der Waals surface area contributed by atoms with Crippen LogP contribution in [0, 0.1) is 12.3 Å². The second-order valence-electron chi connectivity index (χ2n) is 6.38. The molecule has 0 aliphatic heterocycles. The molecule has 106 valence electrons. The van der Waals surface area contributed by atoms with Gasteiger partial charge in [-0.1, -0.05) is 45.0 Å². The number of nitrogens with one attached hydrogen (secondary N) is 1. The minimum atomic E-state index is -0.480. The van der Waals surface area contributed by atoms with E-state index in [2.05, 4.69) is 24.4 Å². The van der Waals surface area contributed by atoms with Gasteiger partial charge >= 0.3 is 0 Å². The van der Waals surface area contributed by atoms with Crippen LogP contribution >= 0.6 is 0 Å². The van der Waals surface area contributed by atoms with Gasteiger partial charge in [0.05, 0.1) is 6.04 Å². The average molecular weight is 262 g/mol. The number of aryl methyl sites for hydroxylation is 1. The standard InChI is InChI=1S/C16H26N2O/c1-11-8-6-7-9-13(11)10-12(2)18-15(19)14(17)16(3,4)5/h6-9,12,14H,10,17H2,1-5H3,(H,18,19). The first-order valence-corrected chi connectivity index (χ1v) is 6.82. The molecule has 3 heteroatoms. The highest BCUT2D eigenvalue weighted by molar-refractivity contribution is 5.82. The molecule has 0 aliphatic rings. The maximum Gasteiger partial charge on any atom is 0.237 e. The molecule has 0 radical (unpaired) electrons. The highest BCUT2D eigenvalue weighted by atomic mass is 16.2. The number of benzene rings is 1. The summed E-state index contributed by atoms with van der Waals surface area (Å²) in [7, 11) is 0. The second kappa shape index (κ2) is 6.20. The number of carbonyl (C=O) groups is 1. The maximum absolute atomic E-state index is 12.0. The summed E-state index contributed by atoms with van der Waals surface area (Å²) in [6, 6.07) is 7.84. The third kappa shape index (κ3) is 4.67. The van der Waals surface area contributed by atoms with Crippen LogP contribution in [0.1, 0.15) is 38.8 Å². The molecule has 3 nitrogen and oxygen atoms in total. The Kier molecular flexibility index (Phi) is 5.12. The fourth-order valence-electron chi connectivity index (χ4n) is 1.95. The minimum Gasteiger partial charge on any atom is -0.352 e. The number of hydrogen-bond acceptors (Lipinski definition) is 2. The fraction of sp³-hybridized carbons (Fsp3) is 0.562. The first-order chi connectivity index (χ1) is 8.71. The molecule has 19 heavy (non-hydrogen) atoms. The molecule has 0 bridgehead atoms. The van der Waals surface area contributed by atoms with E-state index >= 15 is 0 Å². The van der Waals surface area contributed by atoms with Gasteiger partial charge in [-0.3, -0.25) is 4.79 Å². The fourth-order valence-corrected chi connectivity index (χ4v) is 1.95. The molecule has 1 aromatic carbocycles. The van der Waals surface area contributed by atoms with Crippen LogP contribution in [0.2, 0.25) is 0 Å². The molecular formula is C16H26N2O. The summed E-state index contributed by atoms with van der Waals surface area (Å²) in [4.78, 5) is 12.0. The highest BCUT2D eigenvalue weighted by Gasteiger charge is 2.28. The Morgan fingerprint density at radius 1 is 1.32 bits per heavy atom. The van der Waals surface area contributed by atoms with Gasteiger partial charge in [-0.15, -0.1) is 0 Å². The van der Waals surface area contributed by atoms with Crippen molar-refractivity contribution in [2.75, 3.05) is 0 Å². The Balaban J connectivity index is 2.59. The Morgan fingerprint density at radius 2 is 1.89 bits per heavy atom. The molecule has 2 unspecified atom stereocenters. The quantitative estimate of drug-likeness (QED) is 0.875. The van der Waals surface area contributed by atoms with E-state index in [1.807, 2.05) is 39.8 Å². The lowest BCUT2D eigenvalue weighted by atomic mass is 9.86. The summed E-state index contributed by atoms with van der Waals surface area (Å²) < 4.78 is 0. The van der Waals surface area contributed by atoms with Gasteiger partial charge in [0.25, 0.3) is 0 Å². The van der Waals surface area contributed by atoms with Crippen LogP contribution in [0.15, 0.2) is 24.3 Å². The second-order valence-corrected chi connectivity index (χ2v) is 6.38. The molecule has 2 atom stereocenters. The molecule has 0 spiro atoms. The third-order valence-electron chi connectivity index (χ3n) is 3.39. The summed E-state index contributed by atoms with van der Waals surface area (Å²) in [6.45, 7) is 10.0. The van der Waals surface area contributed by atoms with Crippen molar-refractivity contribution in [2.24, 2.45) is 11.1 Å². The van der Waals surface area contributed by atoms with Crippen molar-refractivity contribution in [1.29, 1.82) is 0 Å². The lowest BCUT2D eigenvalue weighted by molar-refractivity contribution is -0.125. The van der Waals surface area contributed by atoms with Crippen LogP contribution in [0.3, 0.4) is 0 Å². The molecule has 0 saturated carbocycles. The zero-order chi connectivity index (χ0) is 14.6. The van der Waals surface area contributed by atoms with Crippen LogP contribution in [0.25, 0.3) is 0 Å². The molecule has 3 N–H and O–H groups in total. The van der Waals surface area contributed by atoms with Gasteiger partial charge in [0, 0.05) is 6.04 Å². The van der Waals surface area contributed by atoms with Gasteiger partial charge in [0.1, 0.15) is 0 Å². The van der Waals surface area contributed by atoms with Crippen LogP contribution in [-0.2, 0) is 11.2 Å². The summed E-state index contributed by atoms with van der Waals surface area (Å²) in [5, 5.41) is 3.00. The molecular weight excluding hydrogens is 236 g/mol. The van der Waals surface area contributed by atoms with Crippen molar-refractivity contribution in [1.82, 2.24) is 5.32 Å². The average Bonchev–Trinajstić information content (AvgIpc) is 2.29. The van der Waals surface area contributed by atoms with E-state index in [0.717, 1.165) is 6.42 Å². The van der Waals surface area contributed by atoms with Gasteiger partial charge in [-0.2, -0.15) is 0 Å². The number of hydrogen-bond donors (Lipinski definition) is 2. The predicted octanol–water partition coefficient (Wildman–Crippen LogP) is 2.42. The largest absolute Gasteiger partial charge is 0.352 e. The van der Waals surface area contributed by atoms with Gasteiger partial charge < -0.3 is 11.1 Å². The van der Waals surface area contributed by atoms with Crippen molar-refractivity contribution < 1.29 is 4.79 Å². The van der Waals surface area contributed by atoms with Gasteiger partial charge in [-0.05, 0) is 36.8 Å². The molecule has 1 aromatic rings. The summed E-state index contributed by atoms with van der Waals surface area (Å²) in [5.41, 5.74) is 8.25. The Bertz CT molecular complexity index is 435. The topological polar surface area (TPSA) is 55.1 Å². The molecule has 0 aromatic heterocycles. The molecule has 0 saturated heterocycles. The van der Waals surface area contributed by atoms with Crippen molar-refractivity contribution in [2.45, 2.75) is 53.1 Å². The SMILES string of the molecule is Cc1ccccc1CC(C)NC(=O)C(N)C(C)(C)C. The Morgan fingerprint density at radius 3 is 2.42 bits per heavy atom.